The van der Waals surface area contributed by atoms with E-state index in [-0.39, 0.29) is 48.9 Å². The van der Waals surface area contributed by atoms with E-state index in [0.29, 0.717) is 17.5 Å². The van der Waals surface area contributed by atoms with Crippen molar-refractivity contribution in [2.45, 2.75) is 39.5 Å². The lowest BCUT2D eigenvalue weighted by atomic mass is 9.92. The van der Waals surface area contributed by atoms with E-state index in [1.165, 1.54) is 4.90 Å². The van der Waals surface area contributed by atoms with Gasteiger partial charge >= 0.3 is 0 Å². The second-order valence-electron chi connectivity index (χ2n) is 7.22. The van der Waals surface area contributed by atoms with Gasteiger partial charge in [0.1, 0.15) is 11.5 Å². The Balaban J connectivity index is 2.62. The third-order valence-corrected chi connectivity index (χ3v) is 4.96. The molecule has 0 spiro atoms. The molecule has 0 aliphatic heterocycles. The first-order chi connectivity index (χ1) is 13.9. The number of carbonyl (C=O) groups is 1. The second-order valence-corrected chi connectivity index (χ2v) is 7.22. The van der Waals surface area contributed by atoms with E-state index < -0.39 is 5.91 Å². The number of hydrogen-bond acceptors (Lipinski definition) is 5. The summed E-state index contributed by atoms with van der Waals surface area (Å²) in [5.74, 6) is -0.814. The zero-order chi connectivity index (χ0) is 21.4. The summed E-state index contributed by atoms with van der Waals surface area (Å²) in [6.07, 6.45) is 3.32. The molecule has 2 aromatic carbocycles. The lowest BCUT2D eigenvalue weighted by molar-refractivity contribution is 0.0680. The minimum absolute atomic E-state index is 0.0495. The molecule has 0 saturated carbocycles. The van der Waals surface area contributed by atoms with Crippen LogP contribution in [0.5, 0.6) is 11.5 Å². The standard InChI is InChI=1S/C23H31NO5/c1-3-4-5-8-18-15-19(27)20(17-9-6-7-16(2)14-17)22(28)21(18)23(29)24(10-12-25)11-13-26/h6-7,9,14-15,25-28H,3-5,8,10-13H2,1-2H3. The van der Waals surface area contributed by atoms with Gasteiger partial charge in [0.25, 0.3) is 5.91 Å². The maximum absolute atomic E-state index is 13.2. The lowest BCUT2D eigenvalue weighted by Crippen LogP contribution is -2.36. The zero-order valence-corrected chi connectivity index (χ0v) is 17.2. The second kappa shape index (κ2) is 10.8. The summed E-state index contributed by atoms with van der Waals surface area (Å²) in [5.41, 5.74) is 2.48. The van der Waals surface area contributed by atoms with Gasteiger partial charge in [-0.2, -0.15) is 0 Å². The van der Waals surface area contributed by atoms with Crippen LogP contribution in [-0.4, -0.2) is 57.5 Å². The molecule has 0 saturated heterocycles. The molecule has 158 valence electrons. The molecule has 0 bridgehead atoms. The van der Waals surface area contributed by atoms with Crippen LogP contribution >= 0.6 is 0 Å². The molecule has 0 atom stereocenters. The van der Waals surface area contributed by atoms with Crippen LogP contribution in [0, 0.1) is 6.92 Å². The molecule has 0 aliphatic carbocycles. The van der Waals surface area contributed by atoms with Gasteiger partial charge in [0.05, 0.1) is 24.3 Å². The number of amides is 1. The highest BCUT2D eigenvalue weighted by Crippen LogP contribution is 2.42. The minimum atomic E-state index is -0.467. The first-order valence-corrected chi connectivity index (χ1v) is 10.1. The Hall–Kier alpha value is -2.57. The maximum Gasteiger partial charge on any atom is 0.258 e. The van der Waals surface area contributed by atoms with Crippen molar-refractivity contribution in [1.29, 1.82) is 0 Å². The summed E-state index contributed by atoms with van der Waals surface area (Å²) < 4.78 is 0. The van der Waals surface area contributed by atoms with Crippen LogP contribution in [0.2, 0.25) is 0 Å². The smallest absolute Gasteiger partial charge is 0.258 e. The van der Waals surface area contributed by atoms with Crippen LogP contribution in [-0.2, 0) is 6.42 Å². The van der Waals surface area contributed by atoms with Crippen molar-refractivity contribution in [3.05, 3.63) is 47.0 Å². The van der Waals surface area contributed by atoms with Gasteiger partial charge < -0.3 is 25.3 Å². The Morgan fingerprint density at radius 2 is 1.72 bits per heavy atom. The topological polar surface area (TPSA) is 101 Å². The number of phenols is 2. The fourth-order valence-electron chi connectivity index (χ4n) is 3.51. The van der Waals surface area contributed by atoms with Gasteiger partial charge in [-0.25, -0.2) is 0 Å². The molecular weight excluding hydrogens is 370 g/mol. The predicted molar refractivity (Wildman–Crippen MR) is 113 cm³/mol. The molecule has 2 aromatic rings. The molecular formula is C23H31NO5. The van der Waals surface area contributed by atoms with Crippen LogP contribution in [0.25, 0.3) is 11.1 Å². The Morgan fingerprint density at radius 1 is 1.03 bits per heavy atom. The number of nitrogens with zero attached hydrogens (tertiary/aromatic N) is 1. The summed E-state index contributed by atoms with van der Waals surface area (Å²) in [6, 6.07) is 8.89. The average Bonchev–Trinajstić information content (AvgIpc) is 2.67. The van der Waals surface area contributed by atoms with Crippen molar-refractivity contribution in [2.24, 2.45) is 0 Å². The first-order valence-electron chi connectivity index (χ1n) is 10.1. The number of aromatic hydroxyl groups is 2. The molecule has 1 amide bonds. The van der Waals surface area contributed by atoms with Crippen molar-refractivity contribution in [1.82, 2.24) is 4.90 Å². The van der Waals surface area contributed by atoms with Gasteiger partial charge in [-0.05, 0) is 37.0 Å². The van der Waals surface area contributed by atoms with Gasteiger partial charge in [-0.1, -0.05) is 49.6 Å². The van der Waals surface area contributed by atoms with E-state index in [1.807, 2.05) is 25.1 Å². The van der Waals surface area contributed by atoms with Crippen LogP contribution in [0.4, 0.5) is 0 Å². The number of carbonyl (C=O) groups excluding carboxylic acids is 1. The van der Waals surface area contributed by atoms with Crippen molar-refractivity contribution in [2.75, 3.05) is 26.3 Å². The van der Waals surface area contributed by atoms with Gasteiger partial charge in [-0.15, -0.1) is 0 Å². The highest BCUT2D eigenvalue weighted by Gasteiger charge is 2.26. The van der Waals surface area contributed by atoms with Crippen molar-refractivity contribution in [3.8, 4) is 22.6 Å². The maximum atomic E-state index is 13.2. The molecule has 0 fully saturated rings. The van der Waals surface area contributed by atoms with Crippen LogP contribution in [0.1, 0.15) is 47.7 Å². The molecule has 6 nitrogen and oxygen atoms in total. The molecule has 0 radical (unpaired) electrons. The van der Waals surface area contributed by atoms with Crippen LogP contribution in [0.3, 0.4) is 0 Å². The predicted octanol–water partition coefficient (Wildman–Crippen LogP) is 3.23. The highest BCUT2D eigenvalue weighted by atomic mass is 16.3. The molecule has 0 aromatic heterocycles. The normalized spacial score (nSPS) is 10.9. The van der Waals surface area contributed by atoms with Crippen LogP contribution in [0.15, 0.2) is 30.3 Å². The average molecular weight is 402 g/mol. The van der Waals surface area contributed by atoms with E-state index in [4.69, 9.17) is 0 Å². The van der Waals surface area contributed by atoms with E-state index in [9.17, 15) is 25.2 Å². The van der Waals surface area contributed by atoms with Gasteiger partial charge in [0.2, 0.25) is 0 Å². The summed E-state index contributed by atoms with van der Waals surface area (Å²) in [4.78, 5) is 14.5. The molecule has 0 heterocycles. The molecule has 4 N–H and O–H groups in total. The summed E-state index contributed by atoms with van der Waals surface area (Å²) in [7, 11) is 0. The van der Waals surface area contributed by atoms with E-state index in [1.54, 1.807) is 12.1 Å². The SMILES string of the molecule is CCCCCc1cc(O)c(-c2cccc(C)c2)c(O)c1C(=O)N(CCO)CCO. The van der Waals surface area contributed by atoms with E-state index in [2.05, 4.69) is 6.92 Å². The van der Waals surface area contributed by atoms with Crippen molar-refractivity contribution >= 4 is 5.91 Å². The highest BCUT2D eigenvalue weighted by molar-refractivity contribution is 6.01. The summed E-state index contributed by atoms with van der Waals surface area (Å²) in [6.45, 7) is 3.59. The number of hydrogen-bond donors (Lipinski definition) is 4. The lowest BCUT2D eigenvalue weighted by Gasteiger charge is -2.24. The third kappa shape index (κ3) is 5.49. The Morgan fingerprint density at radius 3 is 2.31 bits per heavy atom. The third-order valence-electron chi connectivity index (χ3n) is 4.96. The summed E-state index contributed by atoms with van der Waals surface area (Å²) >= 11 is 0. The number of rotatable bonds is 10. The van der Waals surface area contributed by atoms with E-state index >= 15 is 0 Å². The Bertz CT molecular complexity index is 828. The Kier molecular flexibility index (Phi) is 8.49. The van der Waals surface area contributed by atoms with Crippen LogP contribution < -0.4 is 0 Å². The number of aliphatic hydroxyl groups excluding tert-OH is 2. The number of aryl methyl sites for hydroxylation is 2. The molecule has 0 unspecified atom stereocenters. The van der Waals surface area contributed by atoms with Crippen molar-refractivity contribution < 1.29 is 25.2 Å². The number of aliphatic hydroxyl groups is 2. The quantitative estimate of drug-likeness (QED) is 0.458. The van der Waals surface area contributed by atoms with E-state index in [0.717, 1.165) is 24.8 Å². The monoisotopic (exact) mass is 401 g/mol. The largest absolute Gasteiger partial charge is 0.507 e. The number of unbranched alkanes of at least 4 members (excludes halogenated alkanes) is 2. The molecule has 0 aliphatic rings. The number of benzene rings is 2. The molecule has 6 heteroatoms. The fourth-order valence-corrected chi connectivity index (χ4v) is 3.51. The van der Waals surface area contributed by atoms with Gasteiger partial charge in [0.15, 0.2) is 0 Å². The van der Waals surface area contributed by atoms with Gasteiger partial charge in [0, 0.05) is 13.1 Å². The van der Waals surface area contributed by atoms with Gasteiger partial charge in [-0.3, -0.25) is 4.79 Å². The summed E-state index contributed by atoms with van der Waals surface area (Å²) in [5, 5.41) is 40.3. The minimum Gasteiger partial charge on any atom is -0.507 e. The number of phenolic OH excluding ortho intramolecular Hbond substituents is 2. The van der Waals surface area contributed by atoms with Crippen molar-refractivity contribution in [3.63, 3.8) is 0 Å². The zero-order valence-electron chi connectivity index (χ0n) is 17.2. The Labute approximate surface area is 172 Å². The first kappa shape index (κ1) is 22.7. The molecule has 29 heavy (non-hydrogen) atoms. The molecule has 2 rings (SSSR count). The fraction of sp³-hybridized carbons (Fsp3) is 0.435.